The number of nitrogens with zero attached hydrogens (tertiary/aromatic N) is 2. The van der Waals surface area contributed by atoms with Gasteiger partial charge in [0.2, 0.25) is 10.0 Å². The number of non-ortho nitro benzene ring substituents is 1. The maximum absolute atomic E-state index is 13.1. The number of anilines is 1. The van der Waals surface area contributed by atoms with Crippen LogP contribution in [0, 0.1) is 10.1 Å². The summed E-state index contributed by atoms with van der Waals surface area (Å²) in [4.78, 5) is 23.2. The van der Waals surface area contributed by atoms with Crippen molar-refractivity contribution >= 4 is 27.3 Å². The maximum Gasteiger partial charge on any atom is 0.271 e. The fraction of sp³-hybridized carbons (Fsp3) is 0.350. The first-order chi connectivity index (χ1) is 14.3. The van der Waals surface area contributed by atoms with Crippen LogP contribution in [0.25, 0.3) is 0 Å². The molecule has 1 heterocycles. The lowest BCUT2D eigenvalue weighted by atomic mass is 10.1. The van der Waals surface area contributed by atoms with Crippen LogP contribution in [0.1, 0.15) is 36.0 Å². The second-order valence-corrected chi connectivity index (χ2v) is 8.88. The van der Waals surface area contributed by atoms with Crippen LogP contribution in [-0.2, 0) is 10.0 Å². The van der Waals surface area contributed by atoms with E-state index in [0.29, 0.717) is 13.1 Å². The molecule has 1 amide bonds. The third kappa shape index (κ3) is 4.77. The number of hydrogen-bond acceptors (Lipinski definition) is 6. The lowest BCUT2D eigenvalue weighted by Crippen LogP contribution is -2.32. The van der Waals surface area contributed by atoms with Crippen molar-refractivity contribution in [3.05, 3.63) is 58.1 Å². The number of ether oxygens (including phenoxy) is 1. The molecule has 2 aromatic rings. The first-order valence-electron chi connectivity index (χ1n) is 9.57. The summed E-state index contributed by atoms with van der Waals surface area (Å²) in [6.07, 6.45) is 3.59. The van der Waals surface area contributed by atoms with Crippen molar-refractivity contribution in [3.8, 4) is 5.75 Å². The van der Waals surface area contributed by atoms with Gasteiger partial charge in [0.15, 0.2) is 0 Å². The number of nitro benzene ring substituents is 1. The zero-order valence-electron chi connectivity index (χ0n) is 16.5. The van der Waals surface area contributed by atoms with Crippen molar-refractivity contribution in [2.45, 2.75) is 30.6 Å². The summed E-state index contributed by atoms with van der Waals surface area (Å²) in [7, 11) is -2.37. The van der Waals surface area contributed by atoms with E-state index in [-0.39, 0.29) is 27.6 Å². The maximum atomic E-state index is 13.1. The first kappa shape index (κ1) is 21.7. The topological polar surface area (TPSA) is 119 Å². The number of carbonyl (C=O) groups excluding carboxylic acids is 1. The normalized spacial score (nSPS) is 15.2. The van der Waals surface area contributed by atoms with Gasteiger partial charge in [0.05, 0.1) is 22.5 Å². The zero-order chi connectivity index (χ0) is 21.7. The van der Waals surface area contributed by atoms with Gasteiger partial charge in [-0.1, -0.05) is 18.9 Å². The molecule has 0 atom stereocenters. The summed E-state index contributed by atoms with van der Waals surface area (Å²) in [6.45, 7) is 0.896. The Hall–Kier alpha value is -2.98. The van der Waals surface area contributed by atoms with E-state index < -0.39 is 20.9 Å². The van der Waals surface area contributed by atoms with Crippen molar-refractivity contribution in [2.75, 3.05) is 25.5 Å². The van der Waals surface area contributed by atoms with Gasteiger partial charge in [-0.3, -0.25) is 14.9 Å². The standard InChI is InChI=1S/C20H23N3O6S/c1-29-19-10-9-17(30(27,28)22-11-4-2-3-5-12-22)14-18(19)20(24)21-15-7-6-8-16(13-15)23(25)26/h6-10,13-14H,2-5,11-12H2,1H3,(H,21,24). The highest BCUT2D eigenvalue weighted by molar-refractivity contribution is 7.89. The molecule has 0 unspecified atom stereocenters. The summed E-state index contributed by atoms with van der Waals surface area (Å²) < 4.78 is 32.8. The van der Waals surface area contributed by atoms with Gasteiger partial charge >= 0.3 is 0 Å². The molecule has 1 saturated heterocycles. The average Bonchev–Trinajstić information content (AvgIpc) is 3.03. The van der Waals surface area contributed by atoms with E-state index in [1.165, 1.54) is 53.9 Å². The minimum absolute atomic E-state index is 0.00870. The number of sulfonamides is 1. The average molecular weight is 433 g/mol. The van der Waals surface area contributed by atoms with Crippen LogP contribution in [0.15, 0.2) is 47.4 Å². The molecule has 1 aliphatic rings. The Labute approximate surface area is 174 Å². The summed E-state index contributed by atoms with van der Waals surface area (Å²) in [5.74, 6) is -0.423. The van der Waals surface area contributed by atoms with Gasteiger partial charge in [-0.25, -0.2) is 8.42 Å². The third-order valence-electron chi connectivity index (χ3n) is 4.93. The Morgan fingerprint density at radius 1 is 1.10 bits per heavy atom. The summed E-state index contributed by atoms with van der Waals surface area (Å²) in [5, 5.41) is 13.5. The van der Waals surface area contributed by atoms with Crippen LogP contribution in [0.5, 0.6) is 5.75 Å². The fourth-order valence-corrected chi connectivity index (χ4v) is 4.90. The van der Waals surface area contributed by atoms with Gasteiger partial charge in [-0.05, 0) is 37.1 Å². The number of rotatable bonds is 6. The quantitative estimate of drug-likeness (QED) is 0.551. The van der Waals surface area contributed by atoms with E-state index >= 15 is 0 Å². The van der Waals surface area contributed by atoms with Crippen molar-refractivity contribution in [1.29, 1.82) is 0 Å². The minimum atomic E-state index is -3.75. The molecule has 0 aliphatic carbocycles. The number of carbonyl (C=O) groups is 1. The molecule has 0 radical (unpaired) electrons. The molecular formula is C20H23N3O6S. The van der Waals surface area contributed by atoms with Crippen LogP contribution in [0.3, 0.4) is 0 Å². The number of nitro groups is 1. The van der Waals surface area contributed by atoms with Crippen molar-refractivity contribution in [2.24, 2.45) is 0 Å². The van der Waals surface area contributed by atoms with Crippen LogP contribution in [0.2, 0.25) is 0 Å². The Balaban J connectivity index is 1.91. The SMILES string of the molecule is COc1ccc(S(=O)(=O)N2CCCCCC2)cc1C(=O)Nc1cccc([N+](=O)[O-])c1. The molecule has 0 saturated carbocycles. The number of nitrogens with one attached hydrogen (secondary N) is 1. The highest BCUT2D eigenvalue weighted by Gasteiger charge is 2.27. The molecule has 0 bridgehead atoms. The van der Waals surface area contributed by atoms with E-state index in [9.17, 15) is 23.3 Å². The van der Waals surface area contributed by atoms with Gasteiger partial charge in [0.25, 0.3) is 11.6 Å². The smallest absolute Gasteiger partial charge is 0.271 e. The molecular weight excluding hydrogens is 410 g/mol. The molecule has 3 rings (SSSR count). The molecule has 0 aromatic heterocycles. The first-order valence-corrected chi connectivity index (χ1v) is 11.0. The molecule has 30 heavy (non-hydrogen) atoms. The summed E-state index contributed by atoms with van der Waals surface area (Å²) >= 11 is 0. The van der Waals surface area contributed by atoms with E-state index in [1.54, 1.807) is 0 Å². The third-order valence-corrected chi connectivity index (χ3v) is 6.83. The van der Waals surface area contributed by atoms with Crippen LogP contribution < -0.4 is 10.1 Å². The van der Waals surface area contributed by atoms with E-state index in [2.05, 4.69) is 5.32 Å². The van der Waals surface area contributed by atoms with Gasteiger partial charge in [0.1, 0.15) is 5.75 Å². The summed E-state index contributed by atoms with van der Waals surface area (Å²) in [5.41, 5.74) is 0.0780. The molecule has 1 fully saturated rings. The van der Waals surface area contributed by atoms with Gasteiger partial charge in [-0.15, -0.1) is 0 Å². The highest BCUT2D eigenvalue weighted by Crippen LogP contribution is 2.27. The van der Waals surface area contributed by atoms with Crippen LogP contribution in [0.4, 0.5) is 11.4 Å². The van der Waals surface area contributed by atoms with Crippen molar-refractivity contribution < 1.29 is 22.9 Å². The van der Waals surface area contributed by atoms with E-state index in [1.807, 2.05) is 0 Å². The predicted molar refractivity (Wildman–Crippen MR) is 111 cm³/mol. The Morgan fingerprint density at radius 3 is 2.43 bits per heavy atom. The van der Waals surface area contributed by atoms with Gasteiger partial charge in [0, 0.05) is 30.9 Å². The van der Waals surface area contributed by atoms with Gasteiger partial charge < -0.3 is 10.1 Å². The van der Waals surface area contributed by atoms with E-state index in [4.69, 9.17) is 4.74 Å². The Morgan fingerprint density at radius 2 is 1.80 bits per heavy atom. The van der Waals surface area contributed by atoms with Crippen LogP contribution in [-0.4, -0.2) is 43.8 Å². The molecule has 10 heteroatoms. The second-order valence-electron chi connectivity index (χ2n) is 6.94. The molecule has 0 spiro atoms. The minimum Gasteiger partial charge on any atom is -0.496 e. The summed E-state index contributed by atoms with van der Waals surface area (Å²) in [6, 6.07) is 9.63. The van der Waals surface area contributed by atoms with Gasteiger partial charge in [-0.2, -0.15) is 4.31 Å². The molecule has 9 nitrogen and oxygen atoms in total. The predicted octanol–water partition coefficient (Wildman–Crippen LogP) is 3.42. The number of benzene rings is 2. The Bertz CT molecular complexity index is 1050. The lowest BCUT2D eigenvalue weighted by Gasteiger charge is -2.20. The molecule has 1 aliphatic heterocycles. The van der Waals surface area contributed by atoms with Crippen LogP contribution >= 0.6 is 0 Å². The molecule has 2 aromatic carbocycles. The number of hydrogen-bond donors (Lipinski definition) is 1. The highest BCUT2D eigenvalue weighted by atomic mass is 32.2. The largest absolute Gasteiger partial charge is 0.496 e. The van der Waals surface area contributed by atoms with E-state index in [0.717, 1.165) is 25.7 Å². The number of methoxy groups -OCH3 is 1. The molecule has 160 valence electrons. The zero-order valence-corrected chi connectivity index (χ0v) is 17.4. The van der Waals surface area contributed by atoms with Crippen molar-refractivity contribution in [1.82, 2.24) is 4.31 Å². The monoisotopic (exact) mass is 433 g/mol. The lowest BCUT2D eigenvalue weighted by molar-refractivity contribution is -0.384. The van der Waals surface area contributed by atoms with Crippen molar-refractivity contribution in [3.63, 3.8) is 0 Å². The second kappa shape index (κ2) is 9.23. The number of amides is 1. The fourth-order valence-electron chi connectivity index (χ4n) is 3.35. The molecule has 1 N–H and O–H groups in total. The Kier molecular flexibility index (Phi) is 6.68.